The van der Waals surface area contributed by atoms with Crippen molar-refractivity contribution in [3.05, 3.63) is 35.9 Å². The summed E-state index contributed by atoms with van der Waals surface area (Å²) in [7, 11) is 1.54. The third kappa shape index (κ3) is 3.45. The van der Waals surface area contributed by atoms with Gasteiger partial charge in [0.15, 0.2) is 0 Å². The van der Waals surface area contributed by atoms with Gasteiger partial charge in [-0.1, -0.05) is 30.3 Å². The van der Waals surface area contributed by atoms with E-state index in [4.69, 9.17) is 9.47 Å². The predicted octanol–water partition coefficient (Wildman–Crippen LogP) is 0.426. The zero-order valence-corrected chi connectivity index (χ0v) is 10.6. The number of amides is 2. The van der Waals surface area contributed by atoms with Gasteiger partial charge < -0.3 is 20.1 Å². The van der Waals surface area contributed by atoms with E-state index < -0.39 is 12.1 Å². The third-order valence-corrected chi connectivity index (χ3v) is 2.84. The molecule has 1 saturated heterocycles. The van der Waals surface area contributed by atoms with E-state index in [2.05, 4.69) is 10.6 Å². The minimum Gasteiger partial charge on any atom is -0.445 e. The van der Waals surface area contributed by atoms with Crippen LogP contribution < -0.4 is 10.6 Å². The summed E-state index contributed by atoms with van der Waals surface area (Å²) in [5.74, 6) is -0.223. The Kier molecular flexibility index (Phi) is 4.35. The molecule has 6 heteroatoms. The van der Waals surface area contributed by atoms with Crippen molar-refractivity contribution in [1.29, 1.82) is 0 Å². The molecule has 2 amide bonds. The van der Waals surface area contributed by atoms with Crippen LogP contribution in [-0.2, 0) is 20.9 Å². The third-order valence-electron chi connectivity index (χ3n) is 2.84. The Morgan fingerprint density at radius 3 is 2.74 bits per heavy atom. The Hall–Kier alpha value is -2.08. The van der Waals surface area contributed by atoms with Crippen molar-refractivity contribution in [1.82, 2.24) is 10.6 Å². The fourth-order valence-electron chi connectivity index (χ4n) is 1.82. The molecule has 2 rings (SSSR count). The van der Waals surface area contributed by atoms with Crippen LogP contribution in [0, 0.1) is 0 Å². The molecule has 0 saturated carbocycles. The fourth-order valence-corrected chi connectivity index (χ4v) is 1.82. The van der Waals surface area contributed by atoms with Gasteiger partial charge in [-0.15, -0.1) is 0 Å². The largest absolute Gasteiger partial charge is 0.445 e. The standard InChI is InChI=1S/C13H16N2O4/c1-18-8-10-11(12(16)14-10)15-13(17)19-7-9-5-3-2-4-6-9/h2-6,10-11H,7-8H2,1H3,(H,14,16)(H,15,17)/t10-,11+/m1/s1. The van der Waals surface area contributed by atoms with Crippen molar-refractivity contribution in [3.8, 4) is 0 Å². The van der Waals surface area contributed by atoms with Gasteiger partial charge >= 0.3 is 6.09 Å². The number of rotatable bonds is 5. The molecule has 102 valence electrons. The lowest BCUT2D eigenvalue weighted by atomic mass is 10.0. The molecule has 2 atom stereocenters. The zero-order valence-electron chi connectivity index (χ0n) is 10.6. The highest BCUT2D eigenvalue weighted by Crippen LogP contribution is 2.07. The van der Waals surface area contributed by atoms with Crippen LogP contribution in [0.4, 0.5) is 4.79 Å². The number of alkyl carbamates (subject to hydrolysis) is 1. The smallest absolute Gasteiger partial charge is 0.408 e. The van der Waals surface area contributed by atoms with Crippen LogP contribution in [0.3, 0.4) is 0 Å². The molecule has 2 N–H and O–H groups in total. The van der Waals surface area contributed by atoms with Crippen LogP contribution in [0.1, 0.15) is 5.56 Å². The highest BCUT2D eigenvalue weighted by molar-refractivity contribution is 5.92. The number of methoxy groups -OCH3 is 1. The van der Waals surface area contributed by atoms with Gasteiger partial charge in [0.2, 0.25) is 5.91 Å². The molecular formula is C13H16N2O4. The van der Waals surface area contributed by atoms with Crippen molar-refractivity contribution in [3.63, 3.8) is 0 Å². The Labute approximate surface area is 111 Å². The molecule has 1 aliphatic heterocycles. The molecular weight excluding hydrogens is 248 g/mol. The van der Waals surface area contributed by atoms with Crippen LogP contribution in [-0.4, -0.2) is 37.8 Å². The number of ether oxygens (including phenoxy) is 2. The molecule has 0 bridgehead atoms. The second-order valence-corrected chi connectivity index (χ2v) is 4.25. The van der Waals surface area contributed by atoms with Crippen LogP contribution >= 0.6 is 0 Å². The fraction of sp³-hybridized carbons (Fsp3) is 0.385. The van der Waals surface area contributed by atoms with E-state index in [-0.39, 0.29) is 18.6 Å². The molecule has 6 nitrogen and oxygen atoms in total. The Balaban J connectivity index is 1.76. The molecule has 1 aromatic carbocycles. The maximum Gasteiger partial charge on any atom is 0.408 e. The van der Waals surface area contributed by atoms with Crippen LogP contribution in [0.25, 0.3) is 0 Å². The lowest BCUT2D eigenvalue weighted by Crippen LogP contribution is -2.70. The predicted molar refractivity (Wildman–Crippen MR) is 67.4 cm³/mol. The average molecular weight is 264 g/mol. The summed E-state index contributed by atoms with van der Waals surface area (Å²) in [6, 6.07) is 8.56. The molecule has 1 heterocycles. The summed E-state index contributed by atoms with van der Waals surface area (Å²) < 4.78 is 9.97. The van der Waals surface area contributed by atoms with Gasteiger partial charge in [-0.25, -0.2) is 4.79 Å². The van der Waals surface area contributed by atoms with Crippen molar-refractivity contribution in [2.24, 2.45) is 0 Å². The molecule has 0 aromatic heterocycles. The van der Waals surface area contributed by atoms with E-state index >= 15 is 0 Å². The first-order valence-corrected chi connectivity index (χ1v) is 5.97. The van der Waals surface area contributed by atoms with Gasteiger partial charge in [-0.3, -0.25) is 4.79 Å². The Morgan fingerprint density at radius 2 is 2.11 bits per heavy atom. The number of benzene rings is 1. The van der Waals surface area contributed by atoms with Crippen molar-refractivity contribution >= 4 is 12.0 Å². The number of carbonyl (C=O) groups is 2. The number of hydrogen-bond acceptors (Lipinski definition) is 4. The summed E-state index contributed by atoms with van der Waals surface area (Å²) >= 11 is 0. The van der Waals surface area contributed by atoms with Crippen molar-refractivity contribution < 1.29 is 19.1 Å². The van der Waals surface area contributed by atoms with Gasteiger partial charge in [0.1, 0.15) is 12.6 Å². The molecule has 19 heavy (non-hydrogen) atoms. The molecule has 1 aromatic rings. The zero-order chi connectivity index (χ0) is 13.7. The van der Waals surface area contributed by atoms with Crippen LogP contribution in [0.2, 0.25) is 0 Å². The van der Waals surface area contributed by atoms with Crippen molar-refractivity contribution in [2.75, 3.05) is 13.7 Å². The summed E-state index contributed by atoms with van der Waals surface area (Å²) in [5.41, 5.74) is 0.893. The van der Waals surface area contributed by atoms with Crippen LogP contribution in [0.5, 0.6) is 0 Å². The first kappa shape index (κ1) is 13.4. The normalized spacial score (nSPS) is 21.2. The Bertz CT molecular complexity index is 449. The minimum atomic E-state index is -0.607. The first-order chi connectivity index (χ1) is 9.20. The Morgan fingerprint density at radius 1 is 1.37 bits per heavy atom. The molecule has 1 fully saturated rings. The highest BCUT2D eigenvalue weighted by atomic mass is 16.5. The summed E-state index contributed by atoms with van der Waals surface area (Å²) in [6.45, 7) is 0.533. The summed E-state index contributed by atoms with van der Waals surface area (Å²) in [5, 5.41) is 5.16. The maximum absolute atomic E-state index is 11.6. The van der Waals surface area contributed by atoms with E-state index in [1.807, 2.05) is 30.3 Å². The number of carbonyl (C=O) groups excluding carboxylic acids is 2. The van der Waals surface area contributed by atoms with Crippen LogP contribution in [0.15, 0.2) is 30.3 Å². The number of hydrogen-bond donors (Lipinski definition) is 2. The first-order valence-electron chi connectivity index (χ1n) is 5.97. The number of nitrogens with one attached hydrogen (secondary N) is 2. The van der Waals surface area contributed by atoms with Gasteiger partial charge in [0.05, 0.1) is 12.6 Å². The van der Waals surface area contributed by atoms with E-state index in [0.717, 1.165) is 5.56 Å². The molecule has 0 aliphatic carbocycles. The lowest BCUT2D eigenvalue weighted by Gasteiger charge is -2.36. The molecule has 0 spiro atoms. The highest BCUT2D eigenvalue weighted by Gasteiger charge is 2.40. The summed E-state index contributed by atoms with van der Waals surface area (Å²) in [6.07, 6.45) is -0.607. The van der Waals surface area contributed by atoms with E-state index in [1.165, 1.54) is 7.11 Å². The monoisotopic (exact) mass is 264 g/mol. The minimum absolute atomic E-state index is 0.177. The van der Waals surface area contributed by atoms with E-state index in [9.17, 15) is 9.59 Å². The van der Waals surface area contributed by atoms with Gasteiger partial charge in [0, 0.05) is 7.11 Å². The number of β-lactam (4-membered cyclic amide) rings is 1. The quantitative estimate of drug-likeness (QED) is 0.756. The SMILES string of the molecule is COC[C@H]1NC(=O)[C@H]1NC(=O)OCc1ccccc1. The van der Waals surface area contributed by atoms with Crippen molar-refractivity contribution in [2.45, 2.75) is 18.7 Å². The molecule has 0 radical (unpaired) electrons. The van der Waals surface area contributed by atoms with E-state index in [1.54, 1.807) is 0 Å². The molecule has 1 aliphatic rings. The van der Waals surface area contributed by atoms with Gasteiger partial charge in [-0.2, -0.15) is 0 Å². The van der Waals surface area contributed by atoms with Gasteiger partial charge in [-0.05, 0) is 5.56 Å². The topological polar surface area (TPSA) is 76.7 Å². The molecule has 0 unspecified atom stereocenters. The van der Waals surface area contributed by atoms with Gasteiger partial charge in [0.25, 0.3) is 0 Å². The average Bonchev–Trinajstić information content (AvgIpc) is 2.43. The van der Waals surface area contributed by atoms with E-state index in [0.29, 0.717) is 6.61 Å². The summed E-state index contributed by atoms with van der Waals surface area (Å²) in [4.78, 5) is 22.8. The lowest BCUT2D eigenvalue weighted by molar-refractivity contribution is -0.133. The second kappa shape index (κ2) is 6.19. The maximum atomic E-state index is 11.6. The second-order valence-electron chi connectivity index (χ2n) is 4.25.